The fraction of sp³-hybridized carbons (Fsp3) is 0.364. The van der Waals surface area contributed by atoms with Crippen LogP contribution in [0, 0.1) is 0 Å². The van der Waals surface area contributed by atoms with Crippen molar-refractivity contribution < 1.29 is 9.53 Å². The van der Waals surface area contributed by atoms with Crippen LogP contribution in [0.1, 0.15) is 5.56 Å². The molecule has 0 aliphatic rings. The van der Waals surface area contributed by atoms with E-state index in [4.69, 9.17) is 27.9 Å². The van der Waals surface area contributed by atoms with Crippen molar-refractivity contribution in [2.45, 2.75) is 11.3 Å². The highest BCUT2D eigenvalue weighted by molar-refractivity contribution is 6.53. The van der Waals surface area contributed by atoms with Gasteiger partial charge in [-0.1, -0.05) is 35.3 Å². The van der Waals surface area contributed by atoms with Crippen molar-refractivity contribution in [1.29, 1.82) is 0 Å². The topological polar surface area (TPSA) is 38.3 Å². The van der Waals surface area contributed by atoms with E-state index in [2.05, 4.69) is 5.32 Å². The van der Waals surface area contributed by atoms with Crippen LogP contribution in [0.4, 0.5) is 0 Å². The molecular formula is C11H13Cl2NO2. The van der Waals surface area contributed by atoms with Crippen molar-refractivity contribution in [1.82, 2.24) is 5.32 Å². The molecule has 1 rings (SSSR count). The SMILES string of the molecule is COc1ccc(CCNC(=O)C(Cl)Cl)cc1. The maximum absolute atomic E-state index is 11.0. The van der Waals surface area contributed by atoms with Crippen LogP contribution in [0.15, 0.2) is 24.3 Å². The Bertz CT molecular complexity index is 338. The van der Waals surface area contributed by atoms with Crippen LogP contribution in [-0.2, 0) is 11.2 Å². The summed E-state index contributed by atoms with van der Waals surface area (Å²) in [5.74, 6) is 0.450. The fourth-order valence-electron chi connectivity index (χ4n) is 1.20. The molecule has 16 heavy (non-hydrogen) atoms. The first-order chi connectivity index (χ1) is 7.63. The minimum Gasteiger partial charge on any atom is -0.497 e. The Balaban J connectivity index is 2.34. The van der Waals surface area contributed by atoms with E-state index in [-0.39, 0.29) is 5.91 Å². The number of methoxy groups -OCH3 is 1. The number of nitrogens with one attached hydrogen (secondary N) is 1. The summed E-state index contributed by atoms with van der Waals surface area (Å²) < 4.78 is 5.04. The van der Waals surface area contributed by atoms with E-state index in [9.17, 15) is 4.79 Å². The highest BCUT2D eigenvalue weighted by Gasteiger charge is 2.09. The van der Waals surface area contributed by atoms with Crippen LogP contribution >= 0.6 is 23.2 Å². The van der Waals surface area contributed by atoms with E-state index in [1.54, 1.807) is 7.11 Å². The molecule has 0 heterocycles. The van der Waals surface area contributed by atoms with Gasteiger partial charge in [0.2, 0.25) is 0 Å². The van der Waals surface area contributed by atoms with Gasteiger partial charge in [0.1, 0.15) is 5.75 Å². The van der Waals surface area contributed by atoms with Gasteiger partial charge in [-0.15, -0.1) is 0 Å². The summed E-state index contributed by atoms with van der Waals surface area (Å²) in [7, 11) is 1.62. The molecule has 0 aromatic heterocycles. The highest BCUT2D eigenvalue weighted by Crippen LogP contribution is 2.11. The number of alkyl halides is 2. The molecule has 3 nitrogen and oxygen atoms in total. The van der Waals surface area contributed by atoms with Gasteiger partial charge in [0, 0.05) is 6.54 Å². The van der Waals surface area contributed by atoms with Crippen molar-refractivity contribution in [2.75, 3.05) is 13.7 Å². The molecule has 0 fully saturated rings. The summed E-state index contributed by atoms with van der Waals surface area (Å²) >= 11 is 10.8. The Morgan fingerprint density at radius 2 is 2.00 bits per heavy atom. The predicted octanol–water partition coefficient (Wildman–Crippen LogP) is 2.16. The van der Waals surface area contributed by atoms with E-state index in [1.165, 1.54) is 0 Å². The molecule has 0 saturated carbocycles. The number of ether oxygens (including phenoxy) is 1. The van der Waals surface area contributed by atoms with Crippen LogP contribution < -0.4 is 10.1 Å². The number of amides is 1. The van der Waals surface area contributed by atoms with Crippen LogP contribution in [0.2, 0.25) is 0 Å². The van der Waals surface area contributed by atoms with Gasteiger partial charge in [-0.3, -0.25) is 4.79 Å². The molecular weight excluding hydrogens is 249 g/mol. The zero-order chi connectivity index (χ0) is 12.0. The van der Waals surface area contributed by atoms with Crippen molar-refractivity contribution in [3.8, 4) is 5.75 Å². The number of benzene rings is 1. The van der Waals surface area contributed by atoms with E-state index in [0.717, 1.165) is 17.7 Å². The second-order valence-corrected chi connectivity index (χ2v) is 4.29. The first kappa shape index (κ1) is 13.1. The van der Waals surface area contributed by atoms with Gasteiger partial charge in [-0.25, -0.2) is 0 Å². The number of carbonyl (C=O) groups is 1. The number of halogens is 2. The van der Waals surface area contributed by atoms with Gasteiger partial charge in [0.25, 0.3) is 5.91 Å². The smallest absolute Gasteiger partial charge is 0.253 e. The monoisotopic (exact) mass is 261 g/mol. The molecule has 0 spiro atoms. The van der Waals surface area contributed by atoms with Gasteiger partial charge in [0.15, 0.2) is 4.84 Å². The lowest BCUT2D eigenvalue weighted by Gasteiger charge is -2.06. The van der Waals surface area contributed by atoms with Crippen LogP contribution in [0.25, 0.3) is 0 Å². The molecule has 1 N–H and O–H groups in total. The molecule has 0 aliphatic carbocycles. The normalized spacial score (nSPS) is 10.2. The van der Waals surface area contributed by atoms with E-state index < -0.39 is 4.84 Å². The summed E-state index contributed by atoms with van der Waals surface area (Å²) in [4.78, 5) is 10.0. The second kappa shape index (κ2) is 6.61. The van der Waals surface area contributed by atoms with Crippen molar-refractivity contribution >= 4 is 29.1 Å². The minimum atomic E-state index is -1.00. The molecule has 0 aliphatic heterocycles. The number of rotatable bonds is 5. The van der Waals surface area contributed by atoms with Gasteiger partial charge >= 0.3 is 0 Å². The fourth-order valence-corrected chi connectivity index (χ4v) is 1.35. The lowest BCUT2D eigenvalue weighted by atomic mass is 10.1. The number of carbonyl (C=O) groups excluding carboxylic acids is 1. The average Bonchev–Trinajstić information content (AvgIpc) is 2.29. The van der Waals surface area contributed by atoms with Crippen molar-refractivity contribution in [3.63, 3.8) is 0 Å². The predicted molar refractivity (Wildman–Crippen MR) is 65.2 cm³/mol. The largest absolute Gasteiger partial charge is 0.497 e. The average molecular weight is 262 g/mol. The third kappa shape index (κ3) is 4.29. The third-order valence-electron chi connectivity index (χ3n) is 2.07. The Labute approximate surface area is 105 Å². The first-order valence-corrected chi connectivity index (χ1v) is 5.69. The lowest BCUT2D eigenvalue weighted by Crippen LogP contribution is -2.30. The maximum atomic E-state index is 11.0. The molecule has 1 aromatic rings. The zero-order valence-corrected chi connectivity index (χ0v) is 10.4. The number of hydrogen-bond acceptors (Lipinski definition) is 2. The van der Waals surface area contributed by atoms with Gasteiger partial charge in [-0.2, -0.15) is 0 Å². The standard InChI is InChI=1S/C11H13Cl2NO2/c1-16-9-4-2-8(3-5-9)6-7-14-11(15)10(12)13/h2-5,10H,6-7H2,1H3,(H,14,15). The quantitative estimate of drug-likeness (QED) is 0.826. The molecule has 0 bridgehead atoms. The summed E-state index contributed by atoms with van der Waals surface area (Å²) in [5, 5.41) is 2.63. The highest BCUT2D eigenvalue weighted by atomic mass is 35.5. The molecule has 88 valence electrons. The maximum Gasteiger partial charge on any atom is 0.253 e. The van der Waals surface area contributed by atoms with Crippen LogP contribution in [0.3, 0.4) is 0 Å². The molecule has 0 atom stereocenters. The van der Waals surface area contributed by atoms with Crippen molar-refractivity contribution in [2.24, 2.45) is 0 Å². The van der Waals surface area contributed by atoms with Gasteiger partial charge < -0.3 is 10.1 Å². The van der Waals surface area contributed by atoms with Gasteiger partial charge in [0.05, 0.1) is 7.11 Å². The van der Waals surface area contributed by atoms with E-state index in [0.29, 0.717) is 6.54 Å². The van der Waals surface area contributed by atoms with Gasteiger partial charge in [-0.05, 0) is 24.1 Å². The molecule has 1 amide bonds. The Hall–Kier alpha value is -0.930. The third-order valence-corrected chi connectivity index (χ3v) is 2.47. The van der Waals surface area contributed by atoms with E-state index in [1.807, 2.05) is 24.3 Å². The minimum absolute atomic E-state index is 0.364. The molecule has 0 unspecified atom stereocenters. The Morgan fingerprint density at radius 1 is 1.38 bits per heavy atom. The lowest BCUT2D eigenvalue weighted by molar-refractivity contribution is -0.119. The Kier molecular flexibility index (Phi) is 5.43. The molecule has 1 aromatic carbocycles. The summed E-state index contributed by atoms with van der Waals surface area (Å²) in [5.41, 5.74) is 1.11. The summed E-state index contributed by atoms with van der Waals surface area (Å²) in [6, 6.07) is 7.65. The number of hydrogen-bond donors (Lipinski definition) is 1. The van der Waals surface area contributed by atoms with Crippen LogP contribution in [0.5, 0.6) is 5.75 Å². The second-order valence-electron chi connectivity index (χ2n) is 3.19. The summed E-state index contributed by atoms with van der Waals surface area (Å²) in [6.07, 6.45) is 0.732. The molecule has 5 heteroatoms. The Morgan fingerprint density at radius 3 is 2.50 bits per heavy atom. The summed E-state index contributed by atoms with van der Waals surface area (Å²) in [6.45, 7) is 0.515. The molecule has 0 saturated heterocycles. The first-order valence-electron chi connectivity index (χ1n) is 4.82. The zero-order valence-electron chi connectivity index (χ0n) is 8.87. The van der Waals surface area contributed by atoms with Crippen LogP contribution in [-0.4, -0.2) is 24.4 Å². The van der Waals surface area contributed by atoms with Crippen molar-refractivity contribution in [3.05, 3.63) is 29.8 Å². The van der Waals surface area contributed by atoms with E-state index >= 15 is 0 Å². The molecule has 0 radical (unpaired) electrons.